The number of carbonyl (C=O) groups excluding carboxylic acids is 2. The third kappa shape index (κ3) is 5.46. The molecule has 1 saturated carbocycles. The number of ether oxygens (including phenoxy) is 1. The lowest BCUT2D eigenvalue weighted by Gasteiger charge is -2.40. The number of nitrogens with one attached hydrogen (secondary N) is 2. The first kappa shape index (κ1) is 24.3. The number of hydrogen-bond donors (Lipinski definition) is 2. The normalized spacial score (nSPS) is 19.1. The van der Waals surface area contributed by atoms with Gasteiger partial charge in [0.05, 0.1) is 29.8 Å². The summed E-state index contributed by atoms with van der Waals surface area (Å²) in [4.78, 5) is 28.9. The molecular weight excluding hydrogens is 442 g/mol. The summed E-state index contributed by atoms with van der Waals surface area (Å²) in [6, 6.07) is 15.1. The second kappa shape index (κ2) is 9.79. The number of carbonyl (C=O) groups is 2. The first-order valence-corrected chi connectivity index (χ1v) is 11.8. The first-order chi connectivity index (χ1) is 16.7. The Morgan fingerprint density at radius 3 is 2.60 bits per heavy atom. The molecule has 2 N–H and O–H groups in total. The molecule has 0 aliphatic heterocycles. The Hall–Kier alpha value is -3.86. The molecule has 1 aliphatic carbocycles. The number of anilines is 2. The molecule has 0 bridgehead atoms. The zero-order chi connectivity index (χ0) is 25.2. The van der Waals surface area contributed by atoms with Gasteiger partial charge in [-0.15, -0.1) is 0 Å². The Bertz CT molecular complexity index is 1290. The molecule has 2 atom stereocenters. The van der Waals surface area contributed by atoms with Gasteiger partial charge in [-0.3, -0.25) is 9.59 Å². The molecule has 35 heavy (non-hydrogen) atoms. The average molecular weight is 474 g/mol. The number of rotatable bonds is 6. The predicted octanol–water partition coefficient (Wildman–Crippen LogP) is 4.94. The molecule has 2 aromatic carbocycles. The lowest BCUT2D eigenvalue weighted by molar-refractivity contribution is -0.139. The van der Waals surface area contributed by atoms with Crippen molar-refractivity contribution in [1.82, 2.24) is 14.9 Å². The minimum atomic E-state index is -0.508. The Kier molecular flexibility index (Phi) is 6.79. The van der Waals surface area contributed by atoms with Crippen molar-refractivity contribution in [3.63, 3.8) is 0 Å². The summed E-state index contributed by atoms with van der Waals surface area (Å²) in [6.45, 7) is 6.73. The molecule has 182 valence electrons. The second-order valence-corrected chi connectivity index (χ2v) is 10.1. The summed E-state index contributed by atoms with van der Waals surface area (Å²) in [5, 5.41) is 15.1. The van der Waals surface area contributed by atoms with Crippen LogP contribution in [0.4, 0.5) is 11.6 Å². The quantitative estimate of drug-likeness (QED) is 0.491. The standard InChI is InChI=1S/C27H31N5O3/c1-17-11-21(14-27(2,3)13-17)32-23-10-7-19(25(34)29-16-24(33)35-4)12-22(23)31-26(32)30-20-8-5-18(15-28)6-9-20/h5-10,12,17,21H,11,13-14,16H2,1-4H3,(H,29,34)(H,30,31). The summed E-state index contributed by atoms with van der Waals surface area (Å²) in [5.41, 5.74) is 3.70. The van der Waals surface area contributed by atoms with Crippen LogP contribution in [-0.4, -0.2) is 35.1 Å². The molecule has 1 aliphatic rings. The highest BCUT2D eigenvalue weighted by molar-refractivity contribution is 5.99. The van der Waals surface area contributed by atoms with Crippen molar-refractivity contribution in [1.29, 1.82) is 5.26 Å². The lowest BCUT2D eigenvalue weighted by Crippen LogP contribution is -2.30. The smallest absolute Gasteiger partial charge is 0.325 e. The molecule has 3 aromatic rings. The minimum Gasteiger partial charge on any atom is -0.468 e. The molecule has 1 amide bonds. The molecule has 1 aromatic heterocycles. The number of hydrogen-bond acceptors (Lipinski definition) is 6. The van der Waals surface area contributed by atoms with Gasteiger partial charge in [0.2, 0.25) is 5.95 Å². The summed E-state index contributed by atoms with van der Waals surface area (Å²) in [5.74, 6) is 0.409. The number of nitriles is 1. The molecule has 0 saturated heterocycles. The van der Waals surface area contributed by atoms with E-state index in [2.05, 4.69) is 46.8 Å². The fourth-order valence-corrected chi connectivity index (χ4v) is 5.27. The number of aromatic nitrogens is 2. The molecule has 1 heterocycles. The third-order valence-corrected chi connectivity index (χ3v) is 6.57. The van der Waals surface area contributed by atoms with Crippen LogP contribution in [0.15, 0.2) is 42.5 Å². The van der Waals surface area contributed by atoms with Gasteiger partial charge in [0.25, 0.3) is 5.91 Å². The highest BCUT2D eigenvalue weighted by Gasteiger charge is 2.34. The summed E-state index contributed by atoms with van der Waals surface area (Å²) in [7, 11) is 1.28. The van der Waals surface area contributed by atoms with Gasteiger partial charge in [0, 0.05) is 17.3 Å². The van der Waals surface area contributed by atoms with E-state index in [1.54, 1.807) is 24.3 Å². The summed E-state index contributed by atoms with van der Waals surface area (Å²) < 4.78 is 6.85. The molecule has 4 rings (SSSR count). The van der Waals surface area contributed by atoms with Crippen molar-refractivity contribution in [3.05, 3.63) is 53.6 Å². The van der Waals surface area contributed by atoms with Crippen LogP contribution in [0, 0.1) is 22.7 Å². The van der Waals surface area contributed by atoms with E-state index in [4.69, 9.17) is 10.2 Å². The molecule has 8 nitrogen and oxygen atoms in total. The van der Waals surface area contributed by atoms with E-state index >= 15 is 0 Å². The average Bonchev–Trinajstić information content (AvgIpc) is 3.18. The Balaban J connectivity index is 1.73. The van der Waals surface area contributed by atoms with Gasteiger partial charge in [0.1, 0.15) is 6.54 Å². The molecule has 8 heteroatoms. The largest absolute Gasteiger partial charge is 0.468 e. The SMILES string of the molecule is COC(=O)CNC(=O)c1ccc2c(c1)nc(Nc1ccc(C#N)cc1)n2C1CC(C)CC(C)(C)C1. The van der Waals surface area contributed by atoms with Gasteiger partial charge < -0.3 is 19.9 Å². The Morgan fingerprint density at radius 2 is 1.94 bits per heavy atom. The lowest BCUT2D eigenvalue weighted by atomic mass is 9.70. The van der Waals surface area contributed by atoms with E-state index in [1.165, 1.54) is 13.5 Å². The Morgan fingerprint density at radius 1 is 1.20 bits per heavy atom. The first-order valence-electron chi connectivity index (χ1n) is 11.8. The van der Waals surface area contributed by atoms with Crippen molar-refractivity contribution in [2.75, 3.05) is 19.0 Å². The molecule has 1 fully saturated rings. The number of benzene rings is 2. The van der Waals surface area contributed by atoms with E-state index in [1.807, 2.05) is 18.2 Å². The fourth-order valence-electron chi connectivity index (χ4n) is 5.27. The zero-order valence-electron chi connectivity index (χ0n) is 20.6. The van der Waals surface area contributed by atoms with Gasteiger partial charge in [-0.1, -0.05) is 20.8 Å². The summed E-state index contributed by atoms with van der Waals surface area (Å²) >= 11 is 0. The number of amides is 1. The van der Waals surface area contributed by atoms with Crippen molar-refractivity contribution in [2.24, 2.45) is 11.3 Å². The van der Waals surface area contributed by atoms with E-state index < -0.39 is 5.97 Å². The topological polar surface area (TPSA) is 109 Å². The van der Waals surface area contributed by atoms with Crippen LogP contribution in [0.1, 0.15) is 62.0 Å². The highest BCUT2D eigenvalue weighted by atomic mass is 16.5. The highest BCUT2D eigenvalue weighted by Crippen LogP contribution is 2.46. The van der Waals surface area contributed by atoms with Crippen molar-refractivity contribution >= 4 is 34.5 Å². The third-order valence-electron chi connectivity index (χ3n) is 6.57. The van der Waals surface area contributed by atoms with Crippen LogP contribution in [0.3, 0.4) is 0 Å². The van der Waals surface area contributed by atoms with Crippen LogP contribution in [0.25, 0.3) is 11.0 Å². The predicted molar refractivity (Wildman–Crippen MR) is 134 cm³/mol. The number of imidazole rings is 1. The Labute approximate surface area is 205 Å². The molecule has 0 radical (unpaired) electrons. The van der Waals surface area contributed by atoms with Gasteiger partial charge >= 0.3 is 5.97 Å². The van der Waals surface area contributed by atoms with E-state index in [-0.39, 0.29) is 23.9 Å². The van der Waals surface area contributed by atoms with Gasteiger partial charge in [-0.05, 0) is 73.1 Å². The fraction of sp³-hybridized carbons (Fsp3) is 0.407. The molecular formula is C27H31N5O3. The minimum absolute atomic E-state index is 0.192. The number of nitrogens with zero attached hydrogens (tertiary/aromatic N) is 3. The van der Waals surface area contributed by atoms with Crippen LogP contribution < -0.4 is 10.6 Å². The molecule has 0 spiro atoms. The number of esters is 1. The van der Waals surface area contributed by atoms with E-state index in [0.29, 0.717) is 28.5 Å². The van der Waals surface area contributed by atoms with E-state index in [0.717, 1.165) is 24.0 Å². The van der Waals surface area contributed by atoms with Crippen molar-refractivity contribution < 1.29 is 14.3 Å². The number of fused-ring (bicyclic) bond motifs is 1. The maximum Gasteiger partial charge on any atom is 0.325 e. The monoisotopic (exact) mass is 473 g/mol. The molecule has 2 unspecified atom stereocenters. The van der Waals surface area contributed by atoms with E-state index in [9.17, 15) is 9.59 Å². The van der Waals surface area contributed by atoms with Crippen molar-refractivity contribution in [3.8, 4) is 6.07 Å². The second-order valence-electron chi connectivity index (χ2n) is 10.1. The zero-order valence-corrected chi connectivity index (χ0v) is 20.6. The van der Waals surface area contributed by atoms with Crippen LogP contribution in [-0.2, 0) is 9.53 Å². The van der Waals surface area contributed by atoms with Crippen LogP contribution >= 0.6 is 0 Å². The van der Waals surface area contributed by atoms with Crippen LogP contribution in [0.5, 0.6) is 0 Å². The maximum absolute atomic E-state index is 12.6. The maximum atomic E-state index is 12.6. The van der Waals surface area contributed by atoms with Gasteiger partial charge in [-0.2, -0.15) is 5.26 Å². The van der Waals surface area contributed by atoms with Gasteiger partial charge in [-0.25, -0.2) is 4.98 Å². The van der Waals surface area contributed by atoms with Crippen LogP contribution in [0.2, 0.25) is 0 Å². The number of methoxy groups -OCH3 is 1. The van der Waals surface area contributed by atoms with Crippen molar-refractivity contribution in [2.45, 2.75) is 46.1 Å². The van der Waals surface area contributed by atoms with Gasteiger partial charge in [0.15, 0.2) is 0 Å². The summed E-state index contributed by atoms with van der Waals surface area (Å²) in [6.07, 6.45) is 3.24.